The first-order valence-electron chi connectivity index (χ1n) is 10.5. The fraction of sp³-hybridized carbons (Fsp3) is 0.571. The molecule has 9 nitrogen and oxygen atoms in total. The normalized spacial score (nSPS) is 14.7. The highest BCUT2D eigenvalue weighted by molar-refractivity contribution is 5.85. The Morgan fingerprint density at radius 3 is 2.45 bits per heavy atom. The Kier molecular flexibility index (Phi) is 12.4. The number of carbonyl (C=O) groups excluding carboxylic acids is 3. The molecule has 0 aliphatic carbocycles. The first kappa shape index (κ1) is 26.5. The summed E-state index contributed by atoms with van der Waals surface area (Å²) in [6.07, 6.45) is 1.77. The molecule has 1 fully saturated rings. The number of likely N-dealkylation sites (tertiary alicyclic amines) is 1. The zero-order valence-electron chi connectivity index (χ0n) is 18.0. The summed E-state index contributed by atoms with van der Waals surface area (Å²) >= 11 is 0. The molecular weight excluding hydrogens is 422 g/mol. The standard InChI is InChI=1S/C21H33N5O4.ClH/c1-23-20(28)25-17-10-13-26(14-11-17)19(27)18(9-5-6-12-22)30-21(29)24-15-16-7-3-2-4-8-16;/h2-4,7-8,17-18H,5-6,9-15,22H2,1H3,(H,24,29)(H2,23,25,28);1H/t18-;/m1./s1. The minimum atomic E-state index is -0.837. The lowest BCUT2D eigenvalue weighted by atomic mass is 10.0. The molecule has 1 aliphatic heterocycles. The molecule has 1 aromatic carbocycles. The van der Waals surface area contributed by atoms with E-state index in [0.29, 0.717) is 51.9 Å². The number of nitrogens with two attached hydrogens (primary N) is 1. The molecule has 1 heterocycles. The van der Waals surface area contributed by atoms with Crippen LogP contribution in [-0.4, -0.2) is 61.8 Å². The minimum Gasteiger partial charge on any atom is -0.436 e. The van der Waals surface area contributed by atoms with E-state index in [-0.39, 0.29) is 30.4 Å². The topological polar surface area (TPSA) is 126 Å². The van der Waals surface area contributed by atoms with Crippen molar-refractivity contribution < 1.29 is 19.1 Å². The number of hydrogen-bond donors (Lipinski definition) is 4. The molecule has 0 bridgehead atoms. The summed E-state index contributed by atoms with van der Waals surface area (Å²) in [6, 6.07) is 9.30. The van der Waals surface area contributed by atoms with Crippen LogP contribution in [0.15, 0.2) is 30.3 Å². The zero-order chi connectivity index (χ0) is 21.8. The second-order valence-corrected chi connectivity index (χ2v) is 7.34. The molecular formula is C21H34ClN5O4. The number of hydrogen-bond acceptors (Lipinski definition) is 5. The Labute approximate surface area is 189 Å². The summed E-state index contributed by atoms with van der Waals surface area (Å²) in [7, 11) is 1.57. The average Bonchev–Trinajstić information content (AvgIpc) is 2.78. The monoisotopic (exact) mass is 455 g/mol. The number of amides is 4. The number of halogens is 1. The second-order valence-electron chi connectivity index (χ2n) is 7.34. The molecule has 0 unspecified atom stereocenters. The quantitative estimate of drug-likeness (QED) is 0.422. The van der Waals surface area contributed by atoms with Gasteiger partial charge in [-0.05, 0) is 44.2 Å². The van der Waals surface area contributed by atoms with Crippen molar-refractivity contribution >= 4 is 30.4 Å². The fourth-order valence-electron chi connectivity index (χ4n) is 3.35. The smallest absolute Gasteiger partial charge is 0.408 e. The van der Waals surface area contributed by atoms with E-state index in [1.807, 2.05) is 30.3 Å². The molecule has 31 heavy (non-hydrogen) atoms. The number of carbonyl (C=O) groups is 3. The van der Waals surface area contributed by atoms with Crippen LogP contribution in [-0.2, 0) is 16.1 Å². The molecule has 1 aromatic rings. The Hall–Kier alpha value is -2.52. The van der Waals surface area contributed by atoms with E-state index in [4.69, 9.17) is 10.5 Å². The number of nitrogens with zero attached hydrogens (tertiary/aromatic N) is 1. The first-order valence-corrected chi connectivity index (χ1v) is 10.5. The minimum absolute atomic E-state index is 0. The maximum absolute atomic E-state index is 13.0. The number of alkyl carbamates (subject to hydrolysis) is 1. The largest absolute Gasteiger partial charge is 0.436 e. The van der Waals surface area contributed by atoms with E-state index in [1.54, 1.807) is 11.9 Å². The first-order chi connectivity index (χ1) is 14.5. The van der Waals surface area contributed by atoms with Gasteiger partial charge in [-0.1, -0.05) is 30.3 Å². The Morgan fingerprint density at radius 2 is 1.84 bits per heavy atom. The highest BCUT2D eigenvalue weighted by atomic mass is 35.5. The van der Waals surface area contributed by atoms with E-state index in [0.717, 1.165) is 12.0 Å². The van der Waals surface area contributed by atoms with Crippen LogP contribution in [0.25, 0.3) is 0 Å². The molecule has 5 N–H and O–H groups in total. The van der Waals surface area contributed by atoms with Crippen molar-refractivity contribution in [3.05, 3.63) is 35.9 Å². The number of piperidine rings is 1. The Bertz CT molecular complexity index is 684. The van der Waals surface area contributed by atoms with Gasteiger partial charge in [0.25, 0.3) is 5.91 Å². The van der Waals surface area contributed by atoms with Gasteiger partial charge in [0.05, 0.1) is 0 Å². The third kappa shape index (κ3) is 9.44. The van der Waals surface area contributed by atoms with Crippen LogP contribution >= 0.6 is 12.4 Å². The molecule has 0 saturated carbocycles. The maximum Gasteiger partial charge on any atom is 0.408 e. The summed E-state index contributed by atoms with van der Waals surface area (Å²) < 4.78 is 5.48. The van der Waals surface area contributed by atoms with Crippen molar-refractivity contribution in [3.63, 3.8) is 0 Å². The Morgan fingerprint density at radius 1 is 1.16 bits per heavy atom. The fourth-order valence-corrected chi connectivity index (χ4v) is 3.35. The predicted molar refractivity (Wildman–Crippen MR) is 121 cm³/mol. The lowest BCUT2D eigenvalue weighted by Crippen LogP contribution is -2.51. The molecule has 0 aromatic heterocycles. The highest BCUT2D eigenvalue weighted by Gasteiger charge is 2.30. The molecule has 0 radical (unpaired) electrons. The number of urea groups is 1. The van der Waals surface area contributed by atoms with Crippen molar-refractivity contribution in [1.29, 1.82) is 0 Å². The number of nitrogens with one attached hydrogen (secondary N) is 3. The molecule has 0 spiro atoms. The van der Waals surface area contributed by atoms with Crippen molar-refractivity contribution in [1.82, 2.24) is 20.9 Å². The van der Waals surface area contributed by atoms with Crippen LogP contribution in [0.1, 0.15) is 37.7 Å². The van der Waals surface area contributed by atoms with Crippen LogP contribution in [0, 0.1) is 0 Å². The molecule has 2 rings (SSSR count). The second kappa shape index (κ2) is 14.5. The van der Waals surface area contributed by atoms with Crippen LogP contribution in [0.5, 0.6) is 0 Å². The van der Waals surface area contributed by atoms with E-state index in [9.17, 15) is 14.4 Å². The van der Waals surface area contributed by atoms with Gasteiger partial charge in [-0.25, -0.2) is 9.59 Å². The SMILES string of the molecule is CNC(=O)NC1CCN(C(=O)[C@@H](CCCCN)OC(=O)NCc2ccccc2)CC1.Cl. The number of ether oxygens (including phenoxy) is 1. The third-order valence-corrected chi connectivity index (χ3v) is 5.09. The maximum atomic E-state index is 13.0. The van der Waals surface area contributed by atoms with E-state index in [1.165, 1.54) is 0 Å². The lowest BCUT2D eigenvalue weighted by molar-refractivity contribution is -0.141. The van der Waals surface area contributed by atoms with Gasteiger partial charge in [-0.2, -0.15) is 0 Å². The van der Waals surface area contributed by atoms with Gasteiger partial charge in [0, 0.05) is 32.7 Å². The van der Waals surface area contributed by atoms with Crippen LogP contribution in [0.3, 0.4) is 0 Å². The summed E-state index contributed by atoms with van der Waals surface area (Å²) in [5.41, 5.74) is 6.51. The Balaban J connectivity index is 0.00000480. The highest BCUT2D eigenvalue weighted by Crippen LogP contribution is 2.15. The van der Waals surface area contributed by atoms with E-state index >= 15 is 0 Å². The third-order valence-electron chi connectivity index (χ3n) is 5.09. The lowest BCUT2D eigenvalue weighted by Gasteiger charge is -2.34. The van der Waals surface area contributed by atoms with Crippen molar-refractivity contribution in [2.75, 3.05) is 26.7 Å². The van der Waals surface area contributed by atoms with Crippen LogP contribution in [0.2, 0.25) is 0 Å². The van der Waals surface area contributed by atoms with Gasteiger partial charge in [0.2, 0.25) is 0 Å². The van der Waals surface area contributed by atoms with E-state index < -0.39 is 12.2 Å². The molecule has 1 saturated heterocycles. The van der Waals surface area contributed by atoms with Gasteiger partial charge >= 0.3 is 12.1 Å². The van der Waals surface area contributed by atoms with Gasteiger partial charge in [0.1, 0.15) is 0 Å². The molecule has 174 valence electrons. The average molecular weight is 456 g/mol. The van der Waals surface area contributed by atoms with Crippen LogP contribution in [0.4, 0.5) is 9.59 Å². The van der Waals surface area contributed by atoms with Gasteiger partial charge < -0.3 is 31.3 Å². The summed E-state index contributed by atoms with van der Waals surface area (Å²) in [5, 5.41) is 8.10. The van der Waals surface area contributed by atoms with Gasteiger partial charge in [-0.3, -0.25) is 4.79 Å². The molecule has 1 atom stereocenters. The van der Waals surface area contributed by atoms with Gasteiger partial charge in [-0.15, -0.1) is 12.4 Å². The molecule has 1 aliphatic rings. The number of rotatable bonds is 9. The van der Waals surface area contributed by atoms with Crippen molar-refractivity contribution in [3.8, 4) is 0 Å². The summed E-state index contributed by atoms with van der Waals surface area (Å²) in [6.45, 7) is 1.88. The van der Waals surface area contributed by atoms with Crippen molar-refractivity contribution in [2.24, 2.45) is 5.73 Å². The molecule has 10 heteroatoms. The number of unbranched alkanes of at least 4 members (excludes halogenated alkanes) is 1. The summed E-state index contributed by atoms with van der Waals surface area (Å²) in [5.74, 6) is -0.194. The van der Waals surface area contributed by atoms with Crippen molar-refractivity contribution in [2.45, 2.75) is 50.8 Å². The predicted octanol–water partition coefficient (Wildman–Crippen LogP) is 1.75. The number of benzene rings is 1. The zero-order valence-corrected chi connectivity index (χ0v) is 18.8. The summed E-state index contributed by atoms with van der Waals surface area (Å²) in [4.78, 5) is 38.4. The van der Waals surface area contributed by atoms with Crippen LogP contribution < -0.4 is 21.7 Å². The molecule has 4 amide bonds. The van der Waals surface area contributed by atoms with Gasteiger partial charge in [0.15, 0.2) is 6.10 Å². The van der Waals surface area contributed by atoms with E-state index in [2.05, 4.69) is 16.0 Å².